The second-order valence-electron chi connectivity index (χ2n) is 7.09. The van der Waals surface area contributed by atoms with E-state index >= 15 is 0 Å². The highest BCUT2D eigenvalue weighted by molar-refractivity contribution is 5.94. The standard InChI is InChI=1S/C25H22F3N3O2/c1-16(29-2)24(32)31-22-15-13-18(21(30-22)14-12-17-8-5-4-6-9-17)19-10-7-11-20(23(19)33-3)25(26,27)28/h4-11,13,15-16,29H,1-3H3,(H,30,31,32). The second-order valence-corrected chi connectivity index (χ2v) is 7.09. The first-order chi connectivity index (χ1) is 15.7. The van der Waals surface area contributed by atoms with Gasteiger partial charge in [0.15, 0.2) is 0 Å². The van der Waals surface area contributed by atoms with Crippen LogP contribution in [0.2, 0.25) is 0 Å². The SMILES string of the molecule is CNC(C)C(=O)Nc1ccc(-c2cccc(C(F)(F)F)c2OC)c(C#Cc2ccccc2)n1. The normalized spacial score (nSPS) is 11.8. The summed E-state index contributed by atoms with van der Waals surface area (Å²) in [7, 11) is 2.84. The Kier molecular flexibility index (Phi) is 7.36. The molecule has 2 aromatic carbocycles. The number of halogens is 3. The van der Waals surface area contributed by atoms with E-state index in [1.807, 2.05) is 18.2 Å². The number of rotatable bonds is 5. The molecule has 1 unspecified atom stereocenters. The van der Waals surface area contributed by atoms with E-state index in [1.54, 1.807) is 32.2 Å². The van der Waals surface area contributed by atoms with Crippen LogP contribution in [0.25, 0.3) is 11.1 Å². The summed E-state index contributed by atoms with van der Waals surface area (Å²) in [6, 6.07) is 15.5. The van der Waals surface area contributed by atoms with Crippen molar-refractivity contribution in [2.75, 3.05) is 19.5 Å². The molecule has 33 heavy (non-hydrogen) atoms. The predicted molar refractivity (Wildman–Crippen MR) is 121 cm³/mol. The van der Waals surface area contributed by atoms with Crippen molar-refractivity contribution in [2.45, 2.75) is 19.1 Å². The summed E-state index contributed by atoms with van der Waals surface area (Å²) >= 11 is 0. The van der Waals surface area contributed by atoms with Crippen LogP contribution in [0.3, 0.4) is 0 Å². The molecule has 1 heterocycles. The second kappa shape index (κ2) is 10.2. The zero-order chi connectivity index (χ0) is 24.0. The fraction of sp³-hybridized carbons (Fsp3) is 0.200. The van der Waals surface area contributed by atoms with Crippen LogP contribution in [-0.2, 0) is 11.0 Å². The minimum atomic E-state index is -4.60. The zero-order valence-electron chi connectivity index (χ0n) is 18.2. The molecule has 0 saturated carbocycles. The van der Waals surface area contributed by atoms with Gasteiger partial charge in [-0.25, -0.2) is 4.98 Å². The van der Waals surface area contributed by atoms with Crippen molar-refractivity contribution >= 4 is 11.7 Å². The van der Waals surface area contributed by atoms with Crippen molar-refractivity contribution in [1.29, 1.82) is 0 Å². The van der Waals surface area contributed by atoms with E-state index < -0.39 is 17.8 Å². The Labute approximate surface area is 190 Å². The maximum absolute atomic E-state index is 13.5. The quantitative estimate of drug-likeness (QED) is 0.549. The van der Waals surface area contributed by atoms with Gasteiger partial charge in [-0.3, -0.25) is 4.79 Å². The lowest BCUT2D eigenvalue weighted by Crippen LogP contribution is -2.35. The Morgan fingerprint density at radius 3 is 2.36 bits per heavy atom. The van der Waals surface area contributed by atoms with Gasteiger partial charge in [-0.15, -0.1) is 0 Å². The molecule has 0 aliphatic rings. The van der Waals surface area contributed by atoms with Crippen LogP contribution in [0, 0.1) is 11.8 Å². The lowest BCUT2D eigenvalue weighted by molar-refractivity contribution is -0.138. The van der Waals surface area contributed by atoms with E-state index in [9.17, 15) is 18.0 Å². The molecular formula is C25H22F3N3O2. The maximum Gasteiger partial charge on any atom is 0.419 e. The summed E-state index contributed by atoms with van der Waals surface area (Å²) in [6.07, 6.45) is -4.60. The number of nitrogens with zero attached hydrogens (tertiary/aromatic N) is 1. The van der Waals surface area contributed by atoms with Gasteiger partial charge in [-0.2, -0.15) is 13.2 Å². The van der Waals surface area contributed by atoms with Crippen molar-refractivity contribution in [3.8, 4) is 28.7 Å². The molecule has 0 saturated heterocycles. The summed E-state index contributed by atoms with van der Waals surface area (Å²) in [5.74, 6) is 5.49. The predicted octanol–water partition coefficient (Wildman–Crippen LogP) is 4.72. The van der Waals surface area contributed by atoms with Crippen molar-refractivity contribution in [1.82, 2.24) is 10.3 Å². The Hall–Kier alpha value is -3.83. The van der Waals surface area contributed by atoms with Gasteiger partial charge in [0.25, 0.3) is 0 Å². The van der Waals surface area contributed by atoms with Gasteiger partial charge >= 0.3 is 6.18 Å². The highest BCUT2D eigenvalue weighted by atomic mass is 19.4. The molecule has 5 nitrogen and oxygen atoms in total. The minimum absolute atomic E-state index is 0.193. The van der Waals surface area contributed by atoms with E-state index in [1.165, 1.54) is 25.3 Å². The number of benzene rings is 2. The van der Waals surface area contributed by atoms with Gasteiger partial charge in [0.05, 0.1) is 18.7 Å². The van der Waals surface area contributed by atoms with Crippen LogP contribution in [-0.4, -0.2) is 31.1 Å². The van der Waals surface area contributed by atoms with Gasteiger partial charge in [-0.1, -0.05) is 36.3 Å². The molecule has 3 rings (SSSR count). The average Bonchev–Trinajstić information content (AvgIpc) is 2.81. The molecule has 0 aliphatic heterocycles. The van der Waals surface area contributed by atoms with Crippen LogP contribution in [0.5, 0.6) is 5.75 Å². The van der Waals surface area contributed by atoms with Crippen molar-refractivity contribution in [2.24, 2.45) is 0 Å². The van der Waals surface area contributed by atoms with Crippen LogP contribution in [0.4, 0.5) is 19.0 Å². The third-order valence-corrected chi connectivity index (χ3v) is 4.89. The van der Waals surface area contributed by atoms with Gasteiger partial charge in [0, 0.05) is 16.7 Å². The Morgan fingerprint density at radius 1 is 1.00 bits per heavy atom. The number of pyridine rings is 1. The molecule has 0 spiro atoms. The monoisotopic (exact) mass is 453 g/mol. The van der Waals surface area contributed by atoms with Crippen LogP contribution in [0.15, 0.2) is 60.7 Å². The number of alkyl halides is 3. The summed E-state index contributed by atoms with van der Waals surface area (Å²) < 4.78 is 45.8. The fourth-order valence-electron chi connectivity index (χ4n) is 3.05. The molecule has 0 radical (unpaired) electrons. The van der Waals surface area contributed by atoms with Crippen LogP contribution >= 0.6 is 0 Å². The molecule has 2 N–H and O–H groups in total. The number of likely N-dealkylation sites (N-methyl/N-ethyl adjacent to an activating group) is 1. The van der Waals surface area contributed by atoms with Crippen LogP contribution in [0.1, 0.15) is 23.7 Å². The highest BCUT2D eigenvalue weighted by Gasteiger charge is 2.35. The summed E-state index contributed by atoms with van der Waals surface area (Å²) in [5.41, 5.74) is 0.551. The number of para-hydroxylation sites is 1. The molecule has 1 aromatic heterocycles. The molecule has 1 atom stereocenters. The lowest BCUT2D eigenvalue weighted by atomic mass is 9.99. The molecule has 1 amide bonds. The molecule has 8 heteroatoms. The number of carbonyl (C=O) groups is 1. The smallest absolute Gasteiger partial charge is 0.419 e. The van der Waals surface area contributed by atoms with Crippen LogP contribution < -0.4 is 15.4 Å². The van der Waals surface area contributed by atoms with Gasteiger partial charge in [0.1, 0.15) is 17.3 Å². The molecule has 0 aliphatic carbocycles. The number of aromatic nitrogens is 1. The minimum Gasteiger partial charge on any atom is -0.495 e. The van der Waals surface area contributed by atoms with Gasteiger partial charge in [0.2, 0.25) is 5.91 Å². The van der Waals surface area contributed by atoms with Crippen molar-refractivity contribution in [3.05, 3.63) is 77.5 Å². The van der Waals surface area contributed by atoms with Crippen molar-refractivity contribution in [3.63, 3.8) is 0 Å². The largest absolute Gasteiger partial charge is 0.495 e. The fourth-order valence-corrected chi connectivity index (χ4v) is 3.05. The van der Waals surface area contributed by atoms with Gasteiger partial charge in [-0.05, 0) is 50.2 Å². The van der Waals surface area contributed by atoms with E-state index in [-0.39, 0.29) is 28.7 Å². The number of hydrogen-bond donors (Lipinski definition) is 2. The number of carbonyl (C=O) groups excluding carboxylic acids is 1. The van der Waals surface area contributed by atoms with Gasteiger partial charge < -0.3 is 15.4 Å². The highest BCUT2D eigenvalue weighted by Crippen LogP contribution is 2.42. The third-order valence-electron chi connectivity index (χ3n) is 4.89. The van der Waals surface area contributed by atoms with Crippen molar-refractivity contribution < 1.29 is 22.7 Å². The first kappa shape index (κ1) is 23.8. The number of anilines is 1. The van der Waals surface area contributed by atoms with E-state index in [4.69, 9.17) is 4.74 Å². The van der Waals surface area contributed by atoms with E-state index in [2.05, 4.69) is 27.5 Å². The topological polar surface area (TPSA) is 63.2 Å². The summed E-state index contributed by atoms with van der Waals surface area (Å²) in [6.45, 7) is 1.69. The number of ether oxygens (including phenoxy) is 1. The molecule has 0 bridgehead atoms. The Morgan fingerprint density at radius 2 is 1.73 bits per heavy atom. The summed E-state index contributed by atoms with van der Waals surface area (Å²) in [5, 5.41) is 5.51. The number of amides is 1. The first-order valence-corrected chi connectivity index (χ1v) is 10.1. The Balaban J connectivity index is 2.16. The van der Waals surface area contributed by atoms with E-state index in [0.29, 0.717) is 11.1 Å². The first-order valence-electron chi connectivity index (χ1n) is 10.1. The Bertz CT molecular complexity index is 1200. The molecule has 3 aromatic rings. The van der Waals surface area contributed by atoms with E-state index in [0.717, 1.165) is 6.07 Å². The number of hydrogen-bond acceptors (Lipinski definition) is 4. The number of methoxy groups -OCH3 is 1. The summed E-state index contributed by atoms with van der Waals surface area (Å²) in [4.78, 5) is 16.7. The maximum atomic E-state index is 13.5. The number of nitrogens with one attached hydrogen (secondary N) is 2. The third kappa shape index (κ3) is 5.70. The molecule has 170 valence electrons. The lowest BCUT2D eigenvalue weighted by Gasteiger charge is -2.17. The average molecular weight is 453 g/mol. The zero-order valence-corrected chi connectivity index (χ0v) is 18.2. The molecule has 0 fully saturated rings. The molecular weight excluding hydrogens is 431 g/mol.